The number of anilines is 1. The van der Waals surface area contributed by atoms with Crippen molar-refractivity contribution in [1.82, 2.24) is 4.98 Å². The van der Waals surface area contributed by atoms with Gasteiger partial charge in [0.15, 0.2) is 0 Å². The van der Waals surface area contributed by atoms with Crippen molar-refractivity contribution < 1.29 is 9.53 Å². The highest BCUT2D eigenvalue weighted by Crippen LogP contribution is 2.19. The number of aromatic nitrogens is 1. The van der Waals surface area contributed by atoms with E-state index in [1.54, 1.807) is 31.6 Å². The summed E-state index contributed by atoms with van der Waals surface area (Å²) in [4.78, 5) is 16.8. The van der Waals surface area contributed by atoms with E-state index in [4.69, 9.17) is 4.74 Å². The van der Waals surface area contributed by atoms with E-state index < -0.39 is 0 Å². The Bertz CT molecular complexity index is 544. The second-order valence-electron chi connectivity index (χ2n) is 4.15. The summed E-state index contributed by atoms with van der Waals surface area (Å²) in [7, 11) is 1.67. The Morgan fingerprint density at radius 1 is 1.20 bits per heavy atom. The molecule has 0 aliphatic carbocycles. The first-order valence-electron chi connectivity index (χ1n) is 6.18. The van der Waals surface area contributed by atoms with Crippen LogP contribution in [0.4, 0.5) is 5.69 Å². The number of nitrogens with zero attached hydrogens (tertiary/aromatic N) is 1. The number of nitrogens with one attached hydrogen (secondary N) is 1. The molecule has 0 atom stereocenters. The van der Waals surface area contributed by atoms with Crippen LogP contribution in [0.2, 0.25) is 0 Å². The molecule has 0 bridgehead atoms. The van der Waals surface area contributed by atoms with Gasteiger partial charge in [0.2, 0.25) is 5.91 Å². The molecule has 1 N–H and O–H groups in total. The first-order valence-corrected chi connectivity index (χ1v) is 7.17. The Balaban J connectivity index is 1.81. The lowest BCUT2D eigenvalue weighted by Gasteiger charge is -2.05. The molecule has 0 aliphatic rings. The van der Waals surface area contributed by atoms with Crippen molar-refractivity contribution in [1.29, 1.82) is 0 Å². The number of ether oxygens (including phenoxy) is 1. The van der Waals surface area contributed by atoms with Gasteiger partial charge < -0.3 is 10.1 Å². The second-order valence-corrected chi connectivity index (χ2v) is 5.20. The molecule has 0 unspecified atom stereocenters. The number of amides is 1. The first kappa shape index (κ1) is 14.6. The van der Waals surface area contributed by atoms with Gasteiger partial charge in [-0.2, -0.15) is 0 Å². The van der Waals surface area contributed by atoms with Crippen molar-refractivity contribution in [3.05, 3.63) is 54.4 Å². The number of thioether (sulfide) groups is 1. The molecular weight excluding hydrogens is 272 g/mol. The maximum Gasteiger partial charge on any atom is 0.234 e. The summed E-state index contributed by atoms with van der Waals surface area (Å²) in [6.45, 7) is 0.605. The zero-order valence-electron chi connectivity index (χ0n) is 11.2. The maximum atomic E-state index is 11.8. The summed E-state index contributed by atoms with van der Waals surface area (Å²) in [6, 6.07) is 11.5. The van der Waals surface area contributed by atoms with Gasteiger partial charge in [-0.25, -0.2) is 0 Å². The van der Waals surface area contributed by atoms with Gasteiger partial charge in [-0.1, -0.05) is 12.1 Å². The molecule has 4 nitrogen and oxygen atoms in total. The van der Waals surface area contributed by atoms with E-state index in [2.05, 4.69) is 10.3 Å². The van der Waals surface area contributed by atoms with Gasteiger partial charge in [0, 0.05) is 30.1 Å². The molecule has 1 aromatic carbocycles. The Morgan fingerprint density at radius 3 is 2.55 bits per heavy atom. The van der Waals surface area contributed by atoms with E-state index in [9.17, 15) is 4.79 Å². The topological polar surface area (TPSA) is 51.2 Å². The number of hydrogen-bond donors (Lipinski definition) is 1. The SMILES string of the molecule is COCc1ccc(SCC(=O)Nc2ccncc2)cc1. The van der Waals surface area contributed by atoms with E-state index in [1.165, 1.54) is 11.8 Å². The van der Waals surface area contributed by atoms with Crippen LogP contribution in [-0.2, 0) is 16.1 Å². The van der Waals surface area contributed by atoms with Crippen molar-refractivity contribution in [2.45, 2.75) is 11.5 Å². The highest BCUT2D eigenvalue weighted by molar-refractivity contribution is 8.00. The molecule has 0 aliphatic heterocycles. The third-order valence-electron chi connectivity index (χ3n) is 2.57. The Morgan fingerprint density at radius 2 is 1.90 bits per heavy atom. The third kappa shape index (κ3) is 4.68. The van der Waals surface area contributed by atoms with Crippen LogP contribution >= 0.6 is 11.8 Å². The van der Waals surface area contributed by atoms with Gasteiger partial charge in [-0.05, 0) is 29.8 Å². The largest absolute Gasteiger partial charge is 0.380 e. The van der Waals surface area contributed by atoms with Gasteiger partial charge in [0.25, 0.3) is 0 Å². The van der Waals surface area contributed by atoms with Gasteiger partial charge in [0.05, 0.1) is 12.4 Å². The minimum Gasteiger partial charge on any atom is -0.380 e. The second kappa shape index (κ2) is 7.67. The molecular formula is C15H16N2O2S. The quantitative estimate of drug-likeness (QED) is 0.830. The molecule has 5 heteroatoms. The van der Waals surface area contributed by atoms with Crippen LogP contribution in [0.5, 0.6) is 0 Å². The molecule has 0 radical (unpaired) electrons. The summed E-state index contributed by atoms with van der Waals surface area (Å²) in [5, 5.41) is 2.82. The molecule has 0 fully saturated rings. The van der Waals surface area contributed by atoms with E-state index in [1.807, 2.05) is 24.3 Å². The number of pyridine rings is 1. The van der Waals surface area contributed by atoms with Crippen LogP contribution in [0.3, 0.4) is 0 Å². The van der Waals surface area contributed by atoms with Crippen LogP contribution in [0, 0.1) is 0 Å². The predicted octanol–water partition coefficient (Wildman–Crippen LogP) is 2.96. The van der Waals surface area contributed by atoms with Gasteiger partial charge >= 0.3 is 0 Å². The summed E-state index contributed by atoms with van der Waals surface area (Å²) in [5.41, 5.74) is 1.89. The van der Waals surface area contributed by atoms with Crippen molar-refractivity contribution in [2.75, 3.05) is 18.2 Å². The molecule has 2 aromatic rings. The molecule has 20 heavy (non-hydrogen) atoms. The standard InChI is InChI=1S/C15H16N2O2S/c1-19-10-12-2-4-14(5-3-12)20-11-15(18)17-13-6-8-16-9-7-13/h2-9H,10-11H2,1H3,(H,16,17,18). The van der Waals surface area contributed by atoms with Gasteiger partial charge in [0.1, 0.15) is 0 Å². The number of hydrogen-bond acceptors (Lipinski definition) is 4. The highest BCUT2D eigenvalue weighted by Gasteiger charge is 2.03. The van der Waals surface area contributed by atoms with E-state index in [0.29, 0.717) is 12.4 Å². The fraction of sp³-hybridized carbons (Fsp3) is 0.200. The molecule has 1 heterocycles. The zero-order chi connectivity index (χ0) is 14.2. The maximum absolute atomic E-state index is 11.8. The third-order valence-corrected chi connectivity index (χ3v) is 3.58. The van der Waals surface area contributed by atoms with E-state index >= 15 is 0 Å². The monoisotopic (exact) mass is 288 g/mol. The molecule has 0 spiro atoms. The normalized spacial score (nSPS) is 10.2. The van der Waals surface area contributed by atoms with Crippen molar-refractivity contribution in [3.8, 4) is 0 Å². The van der Waals surface area contributed by atoms with Crippen molar-refractivity contribution in [2.24, 2.45) is 0 Å². The number of benzene rings is 1. The summed E-state index contributed by atoms with van der Waals surface area (Å²) >= 11 is 1.51. The molecule has 0 saturated carbocycles. The van der Waals surface area contributed by atoms with Crippen molar-refractivity contribution in [3.63, 3.8) is 0 Å². The van der Waals surface area contributed by atoms with Crippen LogP contribution in [0.15, 0.2) is 53.7 Å². The fourth-order valence-electron chi connectivity index (χ4n) is 1.63. The summed E-state index contributed by atoms with van der Waals surface area (Å²) in [6.07, 6.45) is 3.30. The molecule has 2 rings (SSSR count). The highest BCUT2D eigenvalue weighted by atomic mass is 32.2. The predicted molar refractivity (Wildman–Crippen MR) is 80.7 cm³/mol. The van der Waals surface area contributed by atoms with Crippen molar-refractivity contribution >= 4 is 23.4 Å². The van der Waals surface area contributed by atoms with Gasteiger partial charge in [-0.3, -0.25) is 9.78 Å². The number of rotatable bonds is 6. The minimum atomic E-state index is -0.0258. The molecule has 104 valence electrons. The van der Waals surface area contributed by atoms with Gasteiger partial charge in [-0.15, -0.1) is 11.8 Å². The minimum absolute atomic E-state index is 0.0258. The van der Waals surface area contributed by atoms with Crippen LogP contribution < -0.4 is 5.32 Å². The Hall–Kier alpha value is -1.85. The smallest absolute Gasteiger partial charge is 0.234 e. The summed E-state index contributed by atoms with van der Waals surface area (Å²) < 4.78 is 5.06. The number of methoxy groups -OCH3 is 1. The molecule has 0 saturated heterocycles. The van der Waals surface area contributed by atoms with E-state index in [0.717, 1.165) is 16.1 Å². The van der Waals surface area contributed by atoms with E-state index in [-0.39, 0.29) is 5.91 Å². The van der Waals surface area contributed by atoms with Crippen LogP contribution in [-0.4, -0.2) is 23.8 Å². The lowest BCUT2D eigenvalue weighted by atomic mass is 10.2. The summed E-state index contributed by atoms with van der Waals surface area (Å²) in [5.74, 6) is 0.355. The lowest BCUT2D eigenvalue weighted by molar-refractivity contribution is -0.113. The Kier molecular flexibility index (Phi) is 5.58. The first-order chi connectivity index (χ1) is 9.78. The zero-order valence-corrected chi connectivity index (χ0v) is 12.0. The molecule has 1 aromatic heterocycles. The average molecular weight is 288 g/mol. The average Bonchev–Trinajstić information content (AvgIpc) is 2.48. The van der Waals surface area contributed by atoms with Crippen LogP contribution in [0.1, 0.15) is 5.56 Å². The fourth-order valence-corrected chi connectivity index (χ4v) is 2.33. The molecule has 1 amide bonds. The van der Waals surface area contributed by atoms with Crippen LogP contribution in [0.25, 0.3) is 0 Å². The number of carbonyl (C=O) groups excluding carboxylic acids is 1. The lowest BCUT2D eigenvalue weighted by Crippen LogP contribution is -2.13. The number of carbonyl (C=O) groups is 1. The Labute approximate surface area is 122 Å².